The van der Waals surface area contributed by atoms with Crippen molar-refractivity contribution in [2.24, 2.45) is 0 Å². The molecule has 1 amide bonds. The summed E-state index contributed by atoms with van der Waals surface area (Å²) in [6.07, 6.45) is 1.20. The Hall–Kier alpha value is -2.50. The lowest BCUT2D eigenvalue weighted by atomic mass is 9.89. The molecule has 0 saturated carbocycles. The van der Waals surface area contributed by atoms with E-state index in [-0.39, 0.29) is 0 Å². The Morgan fingerprint density at radius 2 is 1.76 bits per heavy atom. The molecule has 3 aromatic rings. The molecule has 29 heavy (non-hydrogen) atoms. The van der Waals surface area contributed by atoms with Gasteiger partial charge in [-0.05, 0) is 74.2 Å². The fraction of sp³-hybridized carbons (Fsp3) is 0.273. The number of rotatable bonds is 4. The maximum absolute atomic E-state index is 12.6. The predicted octanol–water partition coefficient (Wildman–Crippen LogP) is 5.79. The summed E-state index contributed by atoms with van der Waals surface area (Å²) in [6.45, 7) is 4.98. The molecule has 7 heteroatoms. The molecule has 1 aliphatic carbocycles. The van der Waals surface area contributed by atoms with Crippen molar-refractivity contribution < 1.29 is 9.53 Å². The number of ether oxygens (including phenoxy) is 1. The van der Waals surface area contributed by atoms with Crippen molar-refractivity contribution in [3.05, 3.63) is 63.8 Å². The number of hydrogen-bond donors (Lipinski definition) is 0. The smallest absolute Gasteiger partial charge is 0.389 e. The van der Waals surface area contributed by atoms with Gasteiger partial charge in [0.05, 0.1) is 16.9 Å². The van der Waals surface area contributed by atoms with E-state index in [0.717, 1.165) is 40.9 Å². The second-order valence-corrected chi connectivity index (χ2v) is 7.73. The van der Waals surface area contributed by atoms with Crippen LogP contribution in [-0.4, -0.2) is 33.9 Å². The van der Waals surface area contributed by atoms with Gasteiger partial charge < -0.3 is 9.64 Å². The van der Waals surface area contributed by atoms with E-state index < -0.39 is 6.09 Å². The summed E-state index contributed by atoms with van der Waals surface area (Å²) < 4.78 is 7.61. The topological polar surface area (TPSA) is 47.4 Å². The largest absolute Gasteiger partial charge is 0.416 e. The number of aromatic nitrogens is 2. The van der Waals surface area contributed by atoms with Crippen molar-refractivity contribution in [1.29, 1.82) is 0 Å². The van der Waals surface area contributed by atoms with Gasteiger partial charge in [-0.3, -0.25) is 0 Å². The van der Waals surface area contributed by atoms with Crippen molar-refractivity contribution in [1.82, 2.24) is 14.7 Å². The molecular weight excluding hydrogens is 409 g/mol. The first kappa shape index (κ1) is 19.8. The number of nitrogens with zero attached hydrogens (tertiary/aromatic N) is 3. The van der Waals surface area contributed by atoms with Crippen LogP contribution in [0.5, 0.6) is 5.88 Å². The Bertz CT molecular complexity index is 1060. The predicted molar refractivity (Wildman–Crippen MR) is 115 cm³/mol. The van der Waals surface area contributed by atoms with Crippen LogP contribution in [0.1, 0.15) is 25.1 Å². The summed E-state index contributed by atoms with van der Waals surface area (Å²) in [5.74, 6) is 0.315. The zero-order valence-electron chi connectivity index (χ0n) is 16.3. The van der Waals surface area contributed by atoms with E-state index in [0.29, 0.717) is 29.0 Å². The van der Waals surface area contributed by atoms with Gasteiger partial charge in [-0.15, -0.1) is 5.10 Å². The summed E-state index contributed by atoms with van der Waals surface area (Å²) in [6, 6.07) is 13.2. The summed E-state index contributed by atoms with van der Waals surface area (Å²) in [7, 11) is 0. The molecule has 5 nitrogen and oxygen atoms in total. The summed E-state index contributed by atoms with van der Waals surface area (Å²) >= 11 is 12.2. The summed E-state index contributed by atoms with van der Waals surface area (Å²) in [5, 5.41) is 6.02. The van der Waals surface area contributed by atoms with E-state index in [1.165, 1.54) is 0 Å². The molecule has 150 valence electrons. The molecule has 0 radical (unpaired) electrons. The van der Waals surface area contributed by atoms with Crippen molar-refractivity contribution in [2.45, 2.75) is 26.7 Å². The standard InChI is InChI=1S/C22H21Cl2N3O2/c1-3-26(4-2)22(28)29-21-20-18-11-8-16(24)13-14(18)5-12-19(20)27(25-21)17-9-6-15(23)7-10-17/h6-11,13H,3-5,12H2,1-2H3. The van der Waals surface area contributed by atoms with Crippen LogP contribution in [0.2, 0.25) is 10.0 Å². The van der Waals surface area contributed by atoms with Crippen LogP contribution < -0.4 is 4.74 Å². The van der Waals surface area contributed by atoms with E-state index in [1.54, 1.807) is 4.90 Å². The molecule has 1 heterocycles. The highest BCUT2D eigenvalue weighted by molar-refractivity contribution is 6.31. The van der Waals surface area contributed by atoms with Gasteiger partial charge in [-0.1, -0.05) is 29.3 Å². The molecule has 0 bridgehead atoms. The fourth-order valence-electron chi connectivity index (χ4n) is 3.69. The highest BCUT2D eigenvalue weighted by Gasteiger charge is 2.29. The highest BCUT2D eigenvalue weighted by atomic mass is 35.5. The molecule has 0 atom stereocenters. The van der Waals surface area contributed by atoms with Crippen molar-refractivity contribution >= 4 is 29.3 Å². The third-order valence-corrected chi connectivity index (χ3v) is 5.68. The Labute approximate surface area is 179 Å². The minimum Gasteiger partial charge on any atom is -0.389 e. The quantitative estimate of drug-likeness (QED) is 0.527. The number of carbonyl (C=O) groups is 1. The van der Waals surface area contributed by atoms with E-state index >= 15 is 0 Å². The number of fused-ring (bicyclic) bond motifs is 3. The number of benzene rings is 2. The first-order chi connectivity index (χ1) is 14.0. The van der Waals surface area contributed by atoms with E-state index in [4.69, 9.17) is 27.9 Å². The molecular formula is C22H21Cl2N3O2. The first-order valence-corrected chi connectivity index (χ1v) is 10.4. The Kier molecular flexibility index (Phi) is 5.52. The number of amides is 1. The molecule has 0 saturated heterocycles. The summed E-state index contributed by atoms with van der Waals surface area (Å²) in [4.78, 5) is 14.3. The molecule has 1 aromatic heterocycles. The van der Waals surface area contributed by atoms with Crippen LogP contribution >= 0.6 is 23.2 Å². The second kappa shape index (κ2) is 8.09. The van der Waals surface area contributed by atoms with E-state index in [1.807, 2.05) is 61.0 Å². The monoisotopic (exact) mass is 429 g/mol. The highest BCUT2D eigenvalue weighted by Crippen LogP contribution is 2.42. The second-order valence-electron chi connectivity index (χ2n) is 6.86. The molecule has 0 fully saturated rings. The SMILES string of the molecule is CCN(CC)C(=O)Oc1nn(-c2ccc(Cl)cc2)c2c1-c1ccc(Cl)cc1CC2. The van der Waals surface area contributed by atoms with Crippen LogP contribution in [0.3, 0.4) is 0 Å². The minimum absolute atomic E-state index is 0.315. The van der Waals surface area contributed by atoms with Crippen molar-refractivity contribution in [3.8, 4) is 22.7 Å². The minimum atomic E-state index is -0.403. The molecule has 0 spiro atoms. The van der Waals surface area contributed by atoms with Crippen molar-refractivity contribution in [2.75, 3.05) is 13.1 Å². The van der Waals surface area contributed by atoms with Gasteiger partial charge in [0.2, 0.25) is 0 Å². The number of halogens is 2. The Morgan fingerprint density at radius 1 is 1.07 bits per heavy atom. The molecule has 0 aliphatic heterocycles. The molecule has 4 rings (SSSR count). The van der Waals surface area contributed by atoms with Crippen LogP contribution in [-0.2, 0) is 12.8 Å². The number of aryl methyl sites for hydroxylation is 1. The van der Waals surface area contributed by atoms with Gasteiger partial charge in [0, 0.05) is 23.1 Å². The van der Waals surface area contributed by atoms with Gasteiger partial charge in [-0.25, -0.2) is 9.48 Å². The molecule has 0 N–H and O–H groups in total. The lowest BCUT2D eigenvalue weighted by molar-refractivity contribution is 0.155. The number of carbonyl (C=O) groups excluding carboxylic acids is 1. The lowest BCUT2D eigenvalue weighted by Crippen LogP contribution is -2.33. The van der Waals surface area contributed by atoms with E-state index in [2.05, 4.69) is 5.10 Å². The maximum atomic E-state index is 12.6. The fourth-order valence-corrected chi connectivity index (χ4v) is 4.02. The van der Waals surface area contributed by atoms with Crippen LogP contribution in [0, 0.1) is 0 Å². The first-order valence-electron chi connectivity index (χ1n) is 9.65. The number of hydrogen-bond acceptors (Lipinski definition) is 3. The Balaban J connectivity index is 1.85. The molecule has 1 aliphatic rings. The third kappa shape index (κ3) is 3.72. The van der Waals surface area contributed by atoms with Gasteiger partial charge in [-0.2, -0.15) is 0 Å². The van der Waals surface area contributed by atoms with E-state index in [9.17, 15) is 4.79 Å². The zero-order chi connectivity index (χ0) is 20.5. The van der Waals surface area contributed by atoms with Crippen LogP contribution in [0.15, 0.2) is 42.5 Å². The summed E-state index contributed by atoms with van der Waals surface area (Å²) in [5.41, 5.74) is 4.84. The third-order valence-electron chi connectivity index (χ3n) is 5.19. The van der Waals surface area contributed by atoms with Gasteiger partial charge in [0.15, 0.2) is 0 Å². The average Bonchev–Trinajstić information content (AvgIpc) is 3.08. The van der Waals surface area contributed by atoms with Gasteiger partial charge in [0.1, 0.15) is 0 Å². The van der Waals surface area contributed by atoms with Gasteiger partial charge in [0.25, 0.3) is 5.88 Å². The van der Waals surface area contributed by atoms with Crippen LogP contribution in [0.4, 0.5) is 4.79 Å². The Morgan fingerprint density at radius 3 is 2.45 bits per heavy atom. The average molecular weight is 430 g/mol. The van der Waals surface area contributed by atoms with Gasteiger partial charge >= 0.3 is 6.09 Å². The maximum Gasteiger partial charge on any atom is 0.416 e. The zero-order valence-corrected chi connectivity index (χ0v) is 17.8. The molecule has 2 aromatic carbocycles. The van der Waals surface area contributed by atoms with Crippen LogP contribution in [0.25, 0.3) is 16.8 Å². The van der Waals surface area contributed by atoms with Crippen molar-refractivity contribution in [3.63, 3.8) is 0 Å². The lowest BCUT2D eigenvalue weighted by Gasteiger charge is -2.20. The molecule has 0 unspecified atom stereocenters. The normalized spacial score (nSPS) is 12.3.